The van der Waals surface area contributed by atoms with E-state index in [4.69, 9.17) is 14.3 Å². The van der Waals surface area contributed by atoms with Crippen LogP contribution in [0.25, 0.3) is 0 Å². The molecule has 1 aromatic rings. The molecule has 3 aliphatic heterocycles. The molecule has 1 aromatic carbocycles. The van der Waals surface area contributed by atoms with E-state index in [1.54, 1.807) is 38.0 Å². The average molecular weight is 1260 g/mol. The van der Waals surface area contributed by atoms with Gasteiger partial charge in [-0.2, -0.15) is 0 Å². The molecular formula is C69H113N9O12. The number of carbonyl (C=O) groups excluding carboxylic acids is 9. The van der Waals surface area contributed by atoms with Gasteiger partial charge >= 0.3 is 0 Å². The smallest absolute Gasteiger partial charge is 0.272 e. The number of piperidine rings is 1. The van der Waals surface area contributed by atoms with Gasteiger partial charge in [0.25, 0.3) is 5.91 Å². The van der Waals surface area contributed by atoms with E-state index in [1.807, 2.05) is 105 Å². The summed E-state index contributed by atoms with van der Waals surface area (Å²) in [7, 11) is 8.13. The summed E-state index contributed by atoms with van der Waals surface area (Å²) in [5.74, 6) is -3.99. The highest BCUT2D eigenvalue weighted by atomic mass is 16.7. The fourth-order valence-corrected chi connectivity index (χ4v) is 15.6. The lowest BCUT2D eigenvalue weighted by atomic mass is 9.88. The Morgan fingerprint density at radius 1 is 0.800 bits per heavy atom. The van der Waals surface area contributed by atoms with Crippen LogP contribution in [-0.2, 0) is 57.5 Å². The first-order valence-electron chi connectivity index (χ1n) is 34.1. The molecule has 0 bridgehead atoms. The minimum absolute atomic E-state index is 0.0534. The van der Waals surface area contributed by atoms with E-state index in [0.717, 1.165) is 44.1 Å². The van der Waals surface area contributed by atoms with Crippen LogP contribution in [-0.4, -0.2) is 192 Å². The van der Waals surface area contributed by atoms with E-state index in [0.29, 0.717) is 84.0 Å². The molecule has 2 saturated carbocycles. The van der Waals surface area contributed by atoms with E-state index in [-0.39, 0.29) is 114 Å². The van der Waals surface area contributed by atoms with Crippen LogP contribution in [0, 0.1) is 40.4 Å². The minimum Gasteiger partial charge on any atom is -0.379 e. The summed E-state index contributed by atoms with van der Waals surface area (Å²) in [4.78, 5) is 139. The number of fused-ring (bicyclic) bond motifs is 1. The molecule has 5 aliphatic rings. The quantitative estimate of drug-likeness (QED) is 0.0335. The first-order chi connectivity index (χ1) is 42.7. The molecule has 21 nitrogen and oxygen atoms in total. The van der Waals surface area contributed by atoms with Gasteiger partial charge in [0.2, 0.25) is 47.3 Å². The Morgan fingerprint density at radius 2 is 1.49 bits per heavy atom. The third-order valence-electron chi connectivity index (χ3n) is 21.4. The first kappa shape index (κ1) is 73.5. The van der Waals surface area contributed by atoms with Crippen molar-refractivity contribution in [3.05, 3.63) is 35.9 Å². The van der Waals surface area contributed by atoms with Crippen molar-refractivity contribution in [3.63, 3.8) is 0 Å². The van der Waals surface area contributed by atoms with E-state index in [1.165, 1.54) is 22.0 Å². The number of hydroxylamine groups is 2. The maximum atomic E-state index is 14.9. The van der Waals surface area contributed by atoms with Crippen LogP contribution in [0.4, 0.5) is 0 Å². The molecular weight excluding hydrogens is 1150 g/mol. The number of rotatable bonds is 35. The van der Waals surface area contributed by atoms with Crippen molar-refractivity contribution in [2.24, 2.45) is 40.4 Å². The van der Waals surface area contributed by atoms with Crippen LogP contribution in [0.5, 0.6) is 0 Å². The maximum Gasteiger partial charge on any atom is 0.272 e. The Morgan fingerprint density at radius 3 is 2.09 bits per heavy atom. The molecule has 506 valence electrons. The third-order valence-corrected chi connectivity index (χ3v) is 21.4. The number of methoxy groups -OCH3 is 2. The molecule has 0 radical (unpaired) electrons. The zero-order valence-corrected chi connectivity index (χ0v) is 57.5. The number of hydrogen-bond acceptors (Lipinski definition) is 13. The fourth-order valence-electron chi connectivity index (χ4n) is 15.6. The van der Waals surface area contributed by atoms with E-state index < -0.39 is 53.2 Å². The number of hydrogen-bond donors (Lipinski definition) is 3. The number of ether oxygens (including phenoxy) is 2. The zero-order chi connectivity index (χ0) is 66.6. The van der Waals surface area contributed by atoms with Gasteiger partial charge in [-0.15, -0.1) is 0 Å². The molecule has 5 fully saturated rings. The largest absolute Gasteiger partial charge is 0.379 e. The fraction of sp³-hybridized carbons (Fsp3) is 0.783. The monoisotopic (exact) mass is 1260 g/mol. The summed E-state index contributed by atoms with van der Waals surface area (Å²) in [5.41, 5.74) is 1.61. The topological polar surface area (TPSA) is 237 Å². The van der Waals surface area contributed by atoms with Crippen molar-refractivity contribution < 1.29 is 57.5 Å². The third kappa shape index (κ3) is 15.9. The molecule has 0 aromatic heterocycles. The minimum atomic E-state index is -1.19. The maximum absolute atomic E-state index is 14.9. The van der Waals surface area contributed by atoms with Gasteiger partial charge < -0.3 is 29.9 Å². The van der Waals surface area contributed by atoms with E-state index in [9.17, 15) is 43.2 Å². The Labute approximate surface area is 537 Å². The van der Waals surface area contributed by atoms with Crippen molar-refractivity contribution in [1.29, 1.82) is 0 Å². The molecule has 0 spiro atoms. The zero-order valence-electron chi connectivity index (χ0n) is 57.5. The second-order valence-corrected chi connectivity index (χ2v) is 27.8. The summed E-state index contributed by atoms with van der Waals surface area (Å²) < 4.78 is 12.3. The number of nitrogens with zero attached hydrogens (tertiary/aromatic N) is 6. The van der Waals surface area contributed by atoms with Gasteiger partial charge in [-0.05, 0) is 113 Å². The van der Waals surface area contributed by atoms with Gasteiger partial charge in [0, 0.05) is 66.7 Å². The predicted molar refractivity (Wildman–Crippen MR) is 344 cm³/mol. The molecule has 9 amide bonds. The van der Waals surface area contributed by atoms with Gasteiger partial charge in [-0.3, -0.25) is 68.2 Å². The number of carbonyl (C=O) groups is 9. The molecule has 6 rings (SSSR count). The van der Waals surface area contributed by atoms with Gasteiger partial charge in [-0.1, -0.05) is 132 Å². The number of hydrazine groups is 1. The van der Waals surface area contributed by atoms with Crippen molar-refractivity contribution in [3.8, 4) is 0 Å². The highest BCUT2D eigenvalue weighted by Crippen LogP contribution is 2.76. The van der Waals surface area contributed by atoms with Crippen molar-refractivity contribution in [2.75, 3.05) is 61.5 Å². The highest BCUT2D eigenvalue weighted by molar-refractivity contribution is 6.13. The SMILES string of the molecule is CCCCC1CCCN(C(=O)[C@]2(NC(=O)[C@H](C)[C@@H](OC)[C@@H]3CCCN3C(=O)C[C@@H](OC)[C@H]([C@@H](C)CC)N(C)C(=O)[C@@H](NC(=O)[C@H](C(C)C)N(C)CCCC(=O)N(C)NC(=O)CCCCCN3C(=O)C4C(C)(CC)C4(CC)C3=O)C(C)C)C[C@@H]2c2ccccc2)O1. The number of likely N-dealkylation sites (N-methyl/N-ethyl adjacent to an activating group) is 2. The number of unbranched alkanes of at least 4 members (excludes halogenated alkanes) is 3. The molecule has 90 heavy (non-hydrogen) atoms. The number of nitrogens with one attached hydrogen (secondary N) is 3. The summed E-state index contributed by atoms with van der Waals surface area (Å²) in [6.07, 6.45) is 9.34. The Bertz CT molecular complexity index is 2640. The standard InChI is InChI=1S/C69H113N9O12/c1-17-21-33-49-34-28-41-78(90-49)66(87)69(43-50(69)48-31-24-22-25-32-48)71-61(82)47(10)59(89-16)51-35-29-40-76(51)55(81)42-52(88-15)58(46(9)18-2)74(13)63(84)56(44(5)6)70-62(83)57(45(7)8)73(12)38-30-37-54(80)75(14)72-53(79)36-26-23-27-39-77-64(85)60-67(11,19-3)68(60,20-4)65(77)86/h22,24-25,31-32,44-47,49-52,56-60H,17-21,23,26-30,33-43H2,1-16H3,(H,70,83)(H,71,82)(H,72,79)/t46-,47+,49?,50+,51-,52+,56-,57-,58-,59+,60?,67?,68?,69-/m0/s1. The number of likely N-dealkylation sites (tertiary alicyclic amines) is 2. The van der Waals surface area contributed by atoms with Crippen molar-refractivity contribution in [1.82, 2.24) is 45.7 Å². The second-order valence-electron chi connectivity index (χ2n) is 27.8. The molecule has 2 aliphatic carbocycles. The molecule has 14 atom stereocenters. The molecule has 21 heteroatoms. The summed E-state index contributed by atoms with van der Waals surface area (Å²) in [6.45, 7) is 23.3. The Hall–Kier alpha value is -5.51. The normalized spacial score (nSPS) is 26.1. The van der Waals surface area contributed by atoms with Crippen LogP contribution >= 0.6 is 0 Å². The highest BCUT2D eigenvalue weighted by Gasteiger charge is 2.83. The Balaban J connectivity index is 1.01. The summed E-state index contributed by atoms with van der Waals surface area (Å²) in [5, 5.41) is 8.99. The molecule has 3 N–H and O–H groups in total. The lowest BCUT2D eigenvalue weighted by Crippen LogP contribution is -2.60. The van der Waals surface area contributed by atoms with Crippen LogP contribution in [0.1, 0.15) is 203 Å². The summed E-state index contributed by atoms with van der Waals surface area (Å²) >= 11 is 0. The molecule has 4 unspecified atom stereocenters. The van der Waals surface area contributed by atoms with Gasteiger partial charge in [0.1, 0.15) is 11.6 Å². The lowest BCUT2D eigenvalue weighted by Gasteiger charge is -2.41. The van der Waals surface area contributed by atoms with Gasteiger partial charge in [0.05, 0.1) is 60.1 Å². The average Bonchev–Trinajstić information content (AvgIpc) is 1.48. The Kier molecular flexibility index (Phi) is 26.4. The first-order valence-corrected chi connectivity index (χ1v) is 34.1. The van der Waals surface area contributed by atoms with Crippen molar-refractivity contribution >= 4 is 53.2 Å². The van der Waals surface area contributed by atoms with Gasteiger partial charge in [0.15, 0.2) is 0 Å². The van der Waals surface area contributed by atoms with Gasteiger partial charge in [-0.25, -0.2) is 5.06 Å². The second kappa shape index (κ2) is 32.4. The summed E-state index contributed by atoms with van der Waals surface area (Å²) in [6, 6.07) is 7.18. The van der Waals surface area contributed by atoms with E-state index >= 15 is 0 Å². The van der Waals surface area contributed by atoms with Crippen LogP contribution in [0.15, 0.2) is 30.3 Å². The number of imide groups is 1. The number of benzene rings is 1. The lowest BCUT2D eigenvalue weighted by molar-refractivity contribution is -0.226. The molecule has 3 saturated heterocycles. The van der Waals surface area contributed by atoms with Crippen LogP contribution in [0.2, 0.25) is 0 Å². The molecule has 3 heterocycles. The van der Waals surface area contributed by atoms with Crippen LogP contribution in [0.3, 0.4) is 0 Å². The predicted octanol–water partition coefficient (Wildman–Crippen LogP) is 7.80. The van der Waals surface area contributed by atoms with E-state index in [2.05, 4.69) is 23.0 Å². The van der Waals surface area contributed by atoms with Crippen LogP contribution < -0.4 is 16.1 Å². The number of amides is 9. The van der Waals surface area contributed by atoms with Crippen molar-refractivity contribution in [2.45, 2.75) is 246 Å².